The maximum atomic E-state index is 11.9. The van der Waals surface area contributed by atoms with Gasteiger partial charge in [0.05, 0.1) is 6.54 Å². The van der Waals surface area contributed by atoms with Crippen LogP contribution in [0, 0.1) is 0 Å². The Bertz CT molecular complexity index is 432. The molecule has 1 aromatic rings. The second kappa shape index (κ2) is 7.14. The molecule has 0 aliphatic rings. The zero-order chi connectivity index (χ0) is 13.1. The first-order valence-corrected chi connectivity index (χ1v) is 6.17. The van der Waals surface area contributed by atoms with E-state index in [2.05, 4.69) is 27.8 Å². The van der Waals surface area contributed by atoms with Crippen LogP contribution < -0.4 is 11.1 Å². The van der Waals surface area contributed by atoms with Gasteiger partial charge in [-0.2, -0.15) is 0 Å². The molecule has 18 heavy (non-hydrogen) atoms. The Morgan fingerprint density at radius 1 is 1.50 bits per heavy atom. The van der Waals surface area contributed by atoms with Crippen molar-refractivity contribution in [2.24, 2.45) is 5.73 Å². The van der Waals surface area contributed by atoms with Crippen LogP contribution in [-0.4, -0.2) is 12.5 Å². The van der Waals surface area contributed by atoms with E-state index in [0.29, 0.717) is 5.03 Å². The molecule has 3 nitrogen and oxygen atoms in total. The molecule has 1 aromatic carbocycles. The molecule has 1 atom stereocenters. The predicted octanol–water partition coefficient (Wildman–Crippen LogP) is 2.91. The molecule has 0 heterocycles. The van der Waals surface area contributed by atoms with E-state index >= 15 is 0 Å². The number of halogens is 3. The fourth-order valence-corrected chi connectivity index (χ4v) is 1.62. The van der Waals surface area contributed by atoms with Gasteiger partial charge in [0.2, 0.25) is 5.91 Å². The molecular weight excluding hydrogens is 339 g/mol. The number of nitrogens with two attached hydrogens (primary N) is 1. The second-order valence-electron chi connectivity index (χ2n) is 3.91. The van der Waals surface area contributed by atoms with Crippen LogP contribution >= 0.6 is 39.9 Å². The van der Waals surface area contributed by atoms with Gasteiger partial charge in [0.15, 0.2) is 0 Å². The number of nitrogens with one attached hydrogen (secondary N) is 1. The zero-order valence-corrected chi connectivity index (χ0v) is 13.0. The third kappa shape index (κ3) is 4.61. The Balaban J connectivity index is 0.00000289. The fourth-order valence-electron chi connectivity index (χ4n) is 1.29. The van der Waals surface area contributed by atoms with Gasteiger partial charge >= 0.3 is 0 Å². The average Bonchev–Trinajstić information content (AvgIpc) is 2.26. The van der Waals surface area contributed by atoms with Crippen LogP contribution in [0.2, 0.25) is 0 Å². The highest BCUT2D eigenvalue weighted by Gasteiger charge is 2.30. The number of hydrogen-bond donors (Lipinski definition) is 2. The summed E-state index contributed by atoms with van der Waals surface area (Å²) in [7, 11) is 0. The minimum atomic E-state index is -1.09. The van der Waals surface area contributed by atoms with Gasteiger partial charge in [-0.15, -0.1) is 12.4 Å². The second-order valence-corrected chi connectivity index (χ2v) is 5.36. The van der Waals surface area contributed by atoms with Gasteiger partial charge in [0.25, 0.3) is 0 Å². The fraction of sp³-hybridized carbons (Fsp3) is 0.250. The van der Waals surface area contributed by atoms with Crippen molar-refractivity contribution >= 4 is 45.8 Å². The molecule has 0 radical (unpaired) electrons. The maximum absolute atomic E-state index is 11.9. The van der Waals surface area contributed by atoms with Crippen molar-refractivity contribution in [3.05, 3.63) is 45.9 Å². The molecule has 0 aromatic heterocycles. The van der Waals surface area contributed by atoms with Gasteiger partial charge in [-0.25, -0.2) is 0 Å². The molecule has 0 saturated carbocycles. The van der Waals surface area contributed by atoms with Crippen LogP contribution in [0.4, 0.5) is 0 Å². The lowest BCUT2D eigenvalue weighted by Gasteiger charge is -2.24. The summed E-state index contributed by atoms with van der Waals surface area (Å²) in [4.78, 5) is 11.9. The van der Waals surface area contributed by atoms with E-state index in [1.807, 2.05) is 12.1 Å². The summed E-state index contributed by atoms with van der Waals surface area (Å²) in [6.45, 7) is 5.36. The molecule has 0 saturated heterocycles. The first kappa shape index (κ1) is 17.4. The Hall–Kier alpha value is -0.550. The topological polar surface area (TPSA) is 55.1 Å². The highest BCUT2D eigenvalue weighted by atomic mass is 79.9. The maximum Gasteiger partial charge on any atom is 0.244 e. The number of hydrogen-bond acceptors (Lipinski definition) is 2. The van der Waals surface area contributed by atoms with Gasteiger partial charge < -0.3 is 11.1 Å². The summed E-state index contributed by atoms with van der Waals surface area (Å²) in [5.74, 6) is -0.290. The van der Waals surface area contributed by atoms with Crippen LogP contribution in [0.5, 0.6) is 0 Å². The number of rotatable bonds is 4. The summed E-state index contributed by atoms with van der Waals surface area (Å²) in [5.41, 5.74) is 5.66. The molecule has 1 amide bonds. The predicted molar refractivity (Wildman–Crippen MR) is 80.9 cm³/mol. The number of amides is 1. The smallest absolute Gasteiger partial charge is 0.244 e. The first-order chi connectivity index (χ1) is 7.84. The van der Waals surface area contributed by atoms with Gasteiger partial charge in [-0.05, 0) is 24.6 Å². The summed E-state index contributed by atoms with van der Waals surface area (Å²) >= 11 is 8.91. The van der Waals surface area contributed by atoms with Crippen molar-refractivity contribution in [3.63, 3.8) is 0 Å². The summed E-state index contributed by atoms with van der Waals surface area (Å²) in [5, 5.41) is 2.99. The largest absolute Gasteiger partial charge is 0.349 e. The quantitative estimate of drug-likeness (QED) is 0.874. The Morgan fingerprint density at radius 2 is 2.00 bits per heavy atom. The lowest BCUT2D eigenvalue weighted by atomic mass is 9.92. The highest BCUT2D eigenvalue weighted by molar-refractivity contribution is 9.10. The van der Waals surface area contributed by atoms with Crippen molar-refractivity contribution in [2.45, 2.75) is 12.5 Å². The number of carbonyl (C=O) groups is 1. The molecule has 0 aliphatic heterocycles. The molecule has 0 fully saturated rings. The van der Waals surface area contributed by atoms with Crippen LogP contribution in [0.15, 0.2) is 40.3 Å². The van der Waals surface area contributed by atoms with Gasteiger partial charge in [-0.3, -0.25) is 4.79 Å². The first-order valence-electron chi connectivity index (χ1n) is 5.00. The third-order valence-electron chi connectivity index (χ3n) is 2.36. The van der Waals surface area contributed by atoms with Crippen LogP contribution in [0.25, 0.3) is 0 Å². The standard InChI is InChI=1S/C12H14BrClN2O.ClH/c1-8(14)7-16-11(17)12(2,15)9-3-5-10(13)6-4-9;/h3-6H,1,7,15H2,2H3,(H,16,17);1H. The van der Waals surface area contributed by atoms with Crippen LogP contribution in [0.1, 0.15) is 12.5 Å². The molecule has 0 bridgehead atoms. The van der Waals surface area contributed by atoms with Crippen molar-refractivity contribution < 1.29 is 4.79 Å². The van der Waals surface area contributed by atoms with Crippen molar-refractivity contribution in [1.29, 1.82) is 0 Å². The molecule has 1 rings (SSSR count). The van der Waals surface area contributed by atoms with E-state index in [1.54, 1.807) is 19.1 Å². The van der Waals surface area contributed by atoms with E-state index in [9.17, 15) is 4.79 Å². The Labute approximate surface area is 126 Å². The monoisotopic (exact) mass is 352 g/mol. The van der Waals surface area contributed by atoms with E-state index in [4.69, 9.17) is 17.3 Å². The molecule has 3 N–H and O–H groups in total. The molecule has 6 heteroatoms. The van der Waals surface area contributed by atoms with Gasteiger partial charge in [0, 0.05) is 9.51 Å². The molecule has 0 aliphatic carbocycles. The molecule has 0 spiro atoms. The zero-order valence-electron chi connectivity index (χ0n) is 9.87. The Morgan fingerprint density at radius 3 is 2.44 bits per heavy atom. The summed E-state index contributed by atoms with van der Waals surface area (Å²) < 4.78 is 0.937. The van der Waals surface area contributed by atoms with E-state index in [1.165, 1.54) is 0 Å². The summed E-state index contributed by atoms with van der Waals surface area (Å²) in [6.07, 6.45) is 0. The third-order valence-corrected chi connectivity index (χ3v) is 3.02. The molecule has 1 unspecified atom stereocenters. The van der Waals surface area contributed by atoms with Crippen LogP contribution in [0.3, 0.4) is 0 Å². The lowest BCUT2D eigenvalue weighted by molar-refractivity contribution is -0.125. The molecule has 100 valence electrons. The minimum absolute atomic E-state index is 0. The van der Waals surface area contributed by atoms with E-state index < -0.39 is 5.54 Å². The van der Waals surface area contributed by atoms with Crippen LogP contribution in [-0.2, 0) is 10.3 Å². The lowest BCUT2D eigenvalue weighted by Crippen LogP contribution is -2.49. The van der Waals surface area contributed by atoms with Crippen molar-refractivity contribution in [2.75, 3.05) is 6.54 Å². The summed E-state index contributed by atoms with van der Waals surface area (Å²) in [6, 6.07) is 7.29. The highest BCUT2D eigenvalue weighted by Crippen LogP contribution is 2.20. The van der Waals surface area contributed by atoms with Crippen molar-refractivity contribution in [1.82, 2.24) is 5.32 Å². The minimum Gasteiger partial charge on any atom is -0.349 e. The van der Waals surface area contributed by atoms with Gasteiger partial charge in [-0.1, -0.05) is 46.2 Å². The van der Waals surface area contributed by atoms with E-state index in [-0.39, 0.29) is 24.9 Å². The number of carbonyl (C=O) groups excluding carboxylic acids is 1. The molecular formula is C12H15BrCl2N2O. The SMILES string of the molecule is C=C(Cl)CNC(=O)C(C)(N)c1ccc(Br)cc1.Cl. The number of benzene rings is 1. The average molecular weight is 354 g/mol. The Kier molecular flexibility index (Phi) is 6.92. The van der Waals surface area contributed by atoms with Crippen molar-refractivity contribution in [3.8, 4) is 0 Å². The van der Waals surface area contributed by atoms with Gasteiger partial charge in [0.1, 0.15) is 5.54 Å². The van der Waals surface area contributed by atoms with E-state index in [0.717, 1.165) is 10.0 Å². The normalized spacial score (nSPS) is 13.1.